The lowest BCUT2D eigenvalue weighted by atomic mass is 10.1. The molecule has 17 heavy (non-hydrogen) atoms. The van der Waals surface area contributed by atoms with Gasteiger partial charge in [0.25, 0.3) is 0 Å². The van der Waals surface area contributed by atoms with E-state index in [1.54, 1.807) is 28.2 Å². The van der Waals surface area contributed by atoms with E-state index in [0.717, 1.165) is 17.1 Å². The van der Waals surface area contributed by atoms with Gasteiger partial charge in [0.15, 0.2) is 0 Å². The first kappa shape index (κ1) is 13.2. The van der Waals surface area contributed by atoms with Crippen molar-refractivity contribution in [3.63, 3.8) is 0 Å². The second kappa shape index (κ2) is 5.18. The van der Waals surface area contributed by atoms with Crippen LogP contribution < -0.4 is 0 Å². The van der Waals surface area contributed by atoms with E-state index >= 15 is 0 Å². The second-order valence-electron chi connectivity index (χ2n) is 4.02. The molecule has 0 saturated carbocycles. The fourth-order valence-corrected chi connectivity index (χ4v) is 4.44. The van der Waals surface area contributed by atoms with Crippen LogP contribution in [0.15, 0.2) is 24.3 Å². The zero-order valence-corrected chi connectivity index (χ0v) is 11.9. The molecule has 0 amide bonds. The maximum Gasteiger partial charge on any atom is 0.211 e. The highest BCUT2D eigenvalue weighted by Gasteiger charge is 2.30. The Morgan fingerprint density at radius 3 is 2.59 bits per heavy atom. The predicted molar refractivity (Wildman–Crippen MR) is 73.1 cm³/mol. The van der Waals surface area contributed by atoms with Crippen LogP contribution in [-0.2, 0) is 10.0 Å². The van der Waals surface area contributed by atoms with Crippen molar-refractivity contribution in [2.45, 2.75) is 6.04 Å². The molecule has 3 nitrogen and oxygen atoms in total. The monoisotopic (exact) mass is 291 g/mol. The molecule has 1 heterocycles. The third kappa shape index (κ3) is 3.16. The van der Waals surface area contributed by atoms with Gasteiger partial charge in [0, 0.05) is 23.1 Å². The van der Waals surface area contributed by atoms with Crippen LogP contribution in [0.5, 0.6) is 0 Å². The molecule has 6 heteroatoms. The van der Waals surface area contributed by atoms with Crippen LogP contribution in [0.25, 0.3) is 0 Å². The van der Waals surface area contributed by atoms with Crippen LogP contribution in [0, 0.1) is 0 Å². The van der Waals surface area contributed by atoms with Gasteiger partial charge in [-0.05, 0) is 17.7 Å². The van der Waals surface area contributed by atoms with Crippen LogP contribution in [0.1, 0.15) is 11.6 Å². The van der Waals surface area contributed by atoms with Gasteiger partial charge in [0.05, 0.1) is 12.3 Å². The fourth-order valence-electron chi connectivity index (χ4n) is 1.93. The summed E-state index contributed by atoms with van der Waals surface area (Å²) in [5.41, 5.74) is 1.01. The summed E-state index contributed by atoms with van der Waals surface area (Å²) in [6.45, 7) is 0.580. The maximum atomic E-state index is 11.7. The van der Waals surface area contributed by atoms with Crippen LogP contribution in [0.2, 0.25) is 5.02 Å². The summed E-state index contributed by atoms with van der Waals surface area (Å²) < 4.78 is 25.0. The number of halogens is 1. The smallest absolute Gasteiger partial charge is 0.211 e. The van der Waals surface area contributed by atoms with E-state index in [1.165, 1.54) is 6.26 Å². The van der Waals surface area contributed by atoms with Crippen molar-refractivity contribution >= 4 is 33.4 Å². The average molecular weight is 292 g/mol. The van der Waals surface area contributed by atoms with Crippen molar-refractivity contribution in [2.75, 3.05) is 24.3 Å². The van der Waals surface area contributed by atoms with E-state index in [2.05, 4.69) is 0 Å². The lowest BCUT2D eigenvalue weighted by molar-refractivity contribution is 0.358. The Morgan fingerprint density at radius 2 is 2.00 bits per heavy atom. The van der Waals surface area contributed by atoms with E-state index < -0.39 is 10.0 Å². The zero-order valence-electron chi connectivity index (χ0n) is 9.47. The number of sulfonamides is 1. The number of hydrogen-bond acceptors (Lipinski definition) is 3. The molecule has 0 bridgehead atoms. The number of hydrogen-bond donors (Lipinski definition) is 0. The topological polar surface area (TPSA) is 37.4 Å². The number of nitrogens with zero attached hydrogens (tertiary/aromatic N) is 1. The molecule has 2 rings (SSSR count). The second-order valence-corrected chi connectivity index (χ2v) is 7.54. The Labute approximate surface area is 111 Å². The summed E-state index contributed by atoms with van der Waals surface area (Å²) in [6, 6.07) is 7.34. The Kier molecular flexibility index (Phi) is 4.02. The minimum absolute atomic E-state index is 0.0685. The molecule has 0 radical (unpaired) electrons. The third-order valence-electron chi connectivity index (χ3n) is 2.76. The first-order valence-electron chi connectivity index (χ1n) is 5.28. The van der Waals surface area contributed by atoms with E-state index in [4.69, 9.17) is 11.6 Å². The van der Waals surface area contributed by atoms with Crippen molar-refractivity contribution in [3.05, 3.63) is 34.9 Å². The van der Waals surface area contributed by atoms with Gasteiger partial charge in [-0.2, -0.15) is 16.1 Å². The predicted octanol–water partition coefficient (Wildman–Crippen LogP) is 2.39. The minimum atomic E-state index is -3.15. The Balaban J connectivity index is 2.31. The molecule has 0 aliphatic carbocycles. The number of thioether (sulfide) groups is 1. The van der Waals surface area contributed by atoms with Gasteiger partial charge >= 0.3 is 0 Å². The molecule has 1 aliphatic heterocycles. The van der Waals surface area contributed by atoms with Gasteiger partial charge in [-0.25, -0.2) is 8.42 Å². The molecular weight excluding hydrogens is 278 g/mol. The normalized spacial score (nSPS) is 22.6. The van der Waals surface area contributed by atoms with Crippen molar-refractivity contribution in [1.82, 2.24) is 4.31 Å². The highest BCUT2D eigenvalue weighted by molar-refractivity contribution is 7.99. The van der Waals surface area contributed by atoms with Gasteiger partial charge in [-0.15, -0.1) is 0 Å². The number of rotatable bonds is 2. The standard InChI is InChI=1S/C11H14ClNO2S2/c1-17(14,15)13-6-7-16-8-11(13)9-2-4-10(12)5-3-9/h2-5,11H,6-8H2,1H3. The maximum absolute atomic E-state index is 11.7. The SMILES string of the molecule is CS(=O)(=O)N1CCSCC1c1ccc(Cl)cc1. The van der Waals surface area contributed by atoms with E-state index in [1.807, 2.05) is 12.1 Å². The molecule has 0 spiro atoms. The molecule has 0 aromatic heterocycles. The molecule has 1 saturated heterocycles. The molecule has 1 aliphatic rings. The van der Waals surface area contributed by atoms with Crippen LogP contribution in [-0.4, -0.2) is 37.0 Å². The molecule has 1 aromatic rings. The first-order chi connectivity index (χ1) is 7.98. The molecule has 1 aromatic carbocycles. The average Bonchev–Trinajstić information content (AvgIpc) is 2.29. The lowest BCUT2D eigenvalue weighted by Gasteiger charge is -2.33. The molecule has 1 atom stereocenters. The largest absolute Gasteiger partial charge is 0.212 e. The summed E-state index contributed by atoms with van der Waals surface area (Å²) in [4.78, 5) is 0. The van der Waals surface area contributed by atoms with Gasteiger partial charge in [0.1, 0.15) is 0 Å². The molecular formula is C11H14ClNO2S2. The highest BCUT2D eigenvalue weighted by atomic mass is 35.5. The van der Waals surface area contributed by atoms with Crippen LogP contribution in [0.3, 0.4) is 0 Å². The van der Waals surface area contributed by atoms with Gasteiger partial charge in [-0.1, -0.05) is 23.7 Å². The fraction of sp³-hybridized carbons (Fsp3) is 0.455. The minimum Gasteiger partial charge on any atom is -0.212 e. The molecule has 0 N–H and O–H groups in total. The molecule has 94 valence electrons. The lowest BCUT2D eigenvalue weighted by Crippen LogP contribution is -2.40. The summed E-state index contributed by atoms with van der Waals surface area (Å²) in [5.74, 6) is 1.66. The summed E-state index contributed by atoms with van der Waals surface area (Å²) in [7, 11) is -3.15. The quantitative estimate of drug-likeness (QED) is 0.840. The zero-order chi connectivity index (χ0) is 12.5. The number of benzene rings is 1. The Hall–Kier alpha value is -0.230. The highest BCUT2D eigenvalue weighted by Crippen LogP contribution is 2.31. The Morgan fingerprint density at radius 1 is 1.35 bits per heavy atom. The first-order valence-corrected chi connectivity index (χ1v) is 8.66. The van der Waals surface area contributed by atoms with E-state index in [9.17, 15) is 8.42 Å². The Bertz CT molecular complexity index is 487. The molecule has 1 unspecified atom stereocenters. The van der Waals surface area contributed by atoms with Crippen molar-refractivity contribution in [1.29, 1.82) is 0 Å². The molecule has 1 fully saturated rings. The summed E-state index contributed by atoms with van der Waals surface area (Å²) in [6.07, 6.45) is 1.27. The summed E-state index contributed by atoms with van der Waals surface area (Å²) >= 11 is 7.62. The van der Waals surface area contributed by atoms with E-state index in [-0.39, 0.29) is 6.04 Å². The van der Waals surface area contributed by atoms with Crippen LogP contribution >= 0.6 is 23.4 Å². The van der Waals surface area contributed by atoms with Gasteiger partial charge < -0.3 is 0 Å². The van der Waals surface area contributed by atoms with E-state index in [0.29, 0.717) is 11.6 Å². The van der Waals surface area contributed by atoms with Gasteiger partial charge in [0.2, 0.25) is 10.0 Å². The third-order valence-corrected chi connectivity index (χ3v) is 5.32. The van der Waals surface area contributed by atoms with Crippen LogP contribution in [0.4, 0.5) is 0 Å². The van der Waals surface area contributed by atoms with Crippen molar-refractivity contribution in [2.24, 2.45) is 0 Å². The van der Waals surface area contributed by atoms with Crippen molar-refractivity contribution < 1.29 is 8.42 Å². The van der Waals surface area contributed by atoms with Gasteiger partial charge in [-0.3, -0.25) is 0 Å². The van der Waals surface area contributed by atoms with Crippen molar-refractivity contribution in [3.8, 4) is 0 Å². The summed E-state index contributed by atoms with van der Waals surface area (Å²) in [5, 5.41) is 0.670.